The maximum Gasteiger partial charge on any atom is 0.330 e. The van der Waals surface area contributed by atoms with Crippen LogP contribution in [0.4, 0.5) is 5.82 Å². The molecule has 0 spiro atoms. The summed E-state index contributed by atoms with van der Waals surface area (Å²) < 4.78 is 5.40. The molecule has 29 heavy (non-hydrogen) atoms. The van der Waals surface area contributed by atoms with Crippen LogP contribution in [0.25, 0.3) is 5.70 Å². The van der Waals surface area contributed by atoms with Crippen LogP contribution >= 0.6 is 0 Å². The number of nitro groups is 1. The molecule has 0 aliphatic carbocycles. The number of rotatable bonds is 7. The van der Waals surface area contributed by atoms with E-state index < -0.39 is 6.17 Å². The van der Waals surface area contributed by atoms with E-state index in [0.717, 1.165) is 37.7 Å². The van der Waals surface area contributed by atoms with Gasteiger partial charge in [-0.2, -0.15) is 0 Å². The first-order valence-corrected chi connectivity index (χ1v) is 9.53. The number of aliphatic hydroxyl groups excluding tert-OH is 1. The number of pyridine rings is 1. The summed E-state index contributed by atoms with van der Waals surface area (Å²) in [5.74, 6) is 1.36. The van der Waals surface area contributed by atoms with Crippen molar-refractivity contribution in [3.8, 4) is 0 Å². The van der Waals surface area contributed by atoms with Gasteiger partial charge in [-0.15, -0.1) is 0 Å². The number of piperazine rings is 1. The molecule has 1 atom stereocenters. The summed E-state index contributed by atoms with van der Waals surface area (Å²) in [6.45, 7) is 3.41. The highest BCUT2D eigenvalue weighted by Crippen LogP contribution is 2.36. The Morgan fingerprint density at radius 1 is 1.28 bits per heavy atom. The molecule has 0 saturated carbocycles. The third-order valence-corrected chi connectivity index (χ3v) is 5.06. The minimum Gasteiger partial charge on any atom is -0.396 e. The minimum atomic E-state index is -1.13. The number of nitrogens with zero attached hydrogens (tertiary/aromatic N) is 6. The van der Waals surface area contributed by atoms with Gasteiger partial charge < -0.3 is 19.4 Å². The number of anilines is 1. The molecule has 1 saturated heterocycles. The van der Waals surface area contributed by atoms with E-state index in [4.69, 9.17) is 9.63 Å². The van der Waals surface area contributed by atoms with Crippen molar-refractivity contribution >= 4 is 11.5 Å². The molecule has 154 valence electrons. The predicted molar refractivity (Wildman–Crippen MR) is 104 cm³/mol. The smallest absolute Gasteiger partial charge is 0.330 e. The molecule has 2 aliphatic heterocycles. The lowest BCUT2D eigenvalue weighted by Gasteiger charge is -2.39. The largest absolute Gasteiger partial charge is 0.396 e. The van der Waals surface area contributed by atoms with E-state index in [9.17, 15) is 10.1 Å². The van der Waals surface area contributed by atoms with Gasteiger partial charge in [0.05, 0.1) is 17.3 Å². The fraction of sp³-hybridized carbons (Fsp3) is 0.444. The van der Waals surface area contributed by atoms with Crippen molar-refractivity contribution in [2.45, 2.75) is 12.6 Å². The molecule has 11 heteroatoms. The third-order valence-electron chi connectivity index (χ3n) is 5.06. The zero-order valence-corrected chi connectivity index (χ0v) is 15.8. The molecule has 2 aromatic heterocycles. The van der Waals surface area contributed by atoms with Crippen LogP contribution in [0.3, 0.4) is 0 Å². The molecule has 4 rings (SSSR count). The summed E-state index contributed by atoms with van der Waals surface area (Å²) in [5.41, 5.74) is 4.20. The highest BCUT2D eigenvalue weighted by Gasteiger charge is 2.41. The predicted octanol–water partition coefficient (Wildman–Crippen LogP) is 0.668. The van der Waals surface area contributed by atoms with Crippen molar-refractivity contribution in [2.24, 2.45) is 0 Å². The fourth-order valence-corrected chi connectivity index (χ4v) is 3.61. The first-order valence-electron chi connectivity index (χ1n) is 9.53. The van der Waals surface area contributed by atoms with Crippen LogP contribution in [0.15, 0.2) is 41.3 Å². The first kappa shape index (κ1) is 19.2. The van der Waals surface area contributed by atoms with Gasteiger partial charge >= 0.3 is 6.17 Å². The van der Waals surface area contributed by atoms with Crippen LogP contribution in [0, 0.1) is 10.1 Å². The van der Waals surface area contributed by atoms with Gasteiger partial charge in [0.25, 0.3) is 0 Å². The maximum absolute atomic E-state index is 11.7. The van der Waals surface area contributed by atoms with Crippen molar-refractivity contribution < 1.29 is 14.6 Å². The van der Waals surface area contributed by atoms with Gasteiger partial charge in [0, 0.05) is 45.5 Å². The summed E-state index contributed by atoms with van der Waals surface area (Å²) in [6, 6.07) is 5.84. The second kappa shape index (κ2) is 8.45. The fourth-order valence-electron chi connectivity index (χ4n) is 3.61. The van der Waals surface area contributed by atoms with Gasteiger partial charge in [-0.3, -0.25) is 10.1 Å². The van der Waals surface area contributed by atoms with Crippen LogP contribution < -0.4 is 10.3 Å². The zero-order valence-electron chi connectivity index (χ0n) is 15.8. The monoisotopic (exact) mass is 401 g/mol. The molecule has 0 amide bonds. The molecule has 11 nitrogen and oxygen atoms in total. The lowest BCUT2D eigenvalue weighted by molar-refractivity contribution is -0.558. The van der Waals surface area contributed by atoms with Crippen molar-refractivity contribution in [3.05, 3.63) is 58.2 Å². The van der Waals surface area contributed by atoms with E-state index in [0.29, 0.717) is 24.3 Å². The number of fused-ring (bicyclic) bond motifs is 1. The molecule has 2 N–H and O–H groups in total. The van der Waals surface area contributed by atoms with Crippen LogP contribution in [0.2, 0.25) is 0 Å². The molecule has 2 aliphatic rings. The summed E-state index contributed by atoms with van der Waals surface area (Å²) in [6.07, 6.45) is 4.24. The van der Waals surface area contributed by atoms with E-state index >= 15 is 0 Å². The molecule has 2 aromatic rings. The standard InChI is InChI=1S/C18H23N7O4/c26-11-3-6-20-24-13-15(17-14(12-21-29-17)18(24)25(27)28)22-7-9-23(10-8-22)16-4-1-2-5-19-16/h1-2,4-5,12-13,18,20,26H,3,6-11H2. The van der Waals surface area contributed by atoms with Crippen LogP contribution in [-0.4, -0.2) is 69.4 Å². The minimum absolute atomic E-state index is 0.00847. The van der Waals surface area contributed by atoms with E-state index in [1.165, 1.54) is 11.2 Å². The molecular weight excluding hydrogens is 378 g/mol. The lowest BCUT2D eigenvalue weighted by Crippen LogP contribution is -2.48. The Morgan fingerprint density at radius 3 is 2.76 bits per heavy atom. The highest BCUT2D eigenvalue weighted by molar-refractivity contribution is 5.64. The quantitative estimate of drug-likeness (QED) is 0.388. The zero-order chi connectivity index (χ0) is 20.2. The Hall–Kier alpha value is -3.18. The number of hydrogen-bond acceptors (Lipinski definition) is 10. The second-order valence-electron chi connectivity index (χ2n) is 6.84. The summed E-state index contributed by atoms with van der Waals surface area (Å²) in [7, 11) is 0. The Balaban J connectivity index is 1.54. The number of aliphatic hydroxyl groups is 1. The summed E-state index contributed by atoms with van der Waals surface area (Å²) >= 11 is 0. The van der Waals surface area contributed by atoms with Gasteiger partial charge in [-0.1, -0.05) is 11.2 Å². The average molecular weight is 401 g/mol. The number of hydrazine groups is 1. The summed E-state index contributed by atoms with van der Waals surface area (Å²) in [4.78, 5) is 20.1. The number of hydrogen-bond donors (Lipinski definition) is 2. The molecule has 0 radical (unpaired) electrons. The normalized spacial score (nSPS) is 19.1. The Bertz CT molecular complexity index is 864. The van der Waals surface area contributed by atoms with Gasteiger partial charge in [-0.25, -0.2) is 15.4 Å². The number of aromatic nitrogens is 2. The number of nitrogens with one attached hydrogen (secondary N) is 1. The molecule has 4 heterocycles. The van der Waals surface area contributed by atoms with E-state index in [2.05, 4.69) is 25.4 Å². The van der Waals surface area contributed by atoms with E-state index in [1.54, 1.807) is 12.4 Å². The first-order chi connectivity index (χ1) is 14.2. The van der Waals surface area contributed by atoms with Crippen molar-refractivity contribution in [1.29, 1.82) is 0 Å². The molecule has 1 fully saturated rings. The summed E-state index contributed by atoms with van der Waals surface area (Å²) in [5, 5.41) is 26.0. The maximum atomic E-state index is 11.7. The molecule has 0 bridgehead atoms. The Kier molecular flexibility index (Phi) is 5.58. The van der Waals surface area contributed by atoms with Crippen molar-refractivity contribution in [3.63, 3.8) is 0 Å². The molecule has 1 unspecified atom stereocenters. The Labute approximate surface area is 167 Å². The topological polar surface area (TPSA) is 124 Å². The van der Waals surface area contributed by atoms with Gasteiger partial charge in [0.15, 0.2) is 5.76 Å². The molecule has 0 aromatic carbocycles. The van der Waals surface area contributed by atoms with Crippen LogP contribution in [0.5, 0.6) is 0 Å². The van der Waals surface area contributed by atoms with Gasteiger partial charge in [0.1, 0.15) is 17.1 Å². The van der Waals surface area contributed by atoms with E-state index in [-0.39, 0.29) is 11.5 Å². The van der Waals surface area contributed by atoms with Crippen molar-refractivity contribution in [2.75, 3.05) is 44.2 Å². The average Bonchev–Trinajstić information content (AvgIpc) is 3.23. The second-order valence-corrected chi connectivity index (χ2v) is 6.84. The lowest BCUT2D eigenvalue weighted by atomic mass is 10.1. The Morgan fingerprint density at radius 2 is 2.07 bits per heavy atom. The van der Waals surface area contributed by atoms with Crippen LogP contribution in [0.1, 0.15) is 23.9 Å². The van der Waals surface area contributed by atoms with E-state index in [1.807, 2.05) is 18.2 Å². The van der Waals surface area contributed by atoms with Gasteiger partial charge in [0.2, 0.25) is 0 Å². The molecular formula is C18H23N7O4. The van der Waals surface area contributed by atoms with Crippen LogP contribution in [-0.2, 0) is 0 Å². The van der Waals surface area contributed by atoms with Crippen molar-refractivity contribution in [1.82, 2.24) is 25.5 Å². The SMILES string of the molecule is O=[N+]([O-])C1c2cnoc2C(N2CCN(c3ccccn3)CC2)=CN1NCCCO. The highest BCUT2D eigenvalue weighted by atomic mass is 16.6. The third kappa shape index (κ3) is 3.87. The van der Waals surface area contributed by atoms with Gasteiger partial charge in [-0.05, 0) is 18.6 Å².